The number of phenols is 4. The number of hydrogen-bond donors (Lipinski definition) is 4. The smallest absolute Gasteiger partial charge is 0.508 e. The van der Waals surface area contributed by atoms with Crippen LogP contribution in [0, 0.1) is 0 Å². The van der Waals surface area contributed by atoms with Crippen LogP contribution in [-0.4, -0.2) is 39.3 Å². The molecule has 1 aliphatic heterocycles. The summed E-state index contributed by atoms with van der Waals surface area (Å²) in [4.78, 5) is 12.2. The normalized spacial score (nSPS) is 17.6. The maximum Gasteiger partial charge on any atom is 0.508 e. The fraction of sp³-hybridized carbons (Fsp3) is 0.409. The Morgan fingerprint density at radius 2 is 1.83 bits per heavy atom. The van der Waals surface area contributed by atoms with Crippen molar-refractivity contribution in [2.45, 2.75) is 51.2 Å². The van der Waals surface area contributed by atoms with Gasteiger partial charge in [-0.2, -0.15) is 0 Å². The van der Waals surface area contributed by atoms with Crippen molar-refractivity contribution in [2.24, 2.45) is 0 Å². The Kier molecular flexibility index (Phi) is 6.76. The third-order valence-corrected chi connectivity index (χ3v) is 4.96. The number of phenolic OH excluding ortho intramolecular Hbond substituents is 4. The number of carbonyl (C=O) groups excluding carboxylic acids is 1. The first-order chi connectivity index (χ1) is 14.4. The van der Waals surface area contributed by atoms with E-state index in [-0.39, 0.29) is 41.8 Å². The Morgan fingerprint density at radius 3 is 2.57 bits per heavy atom. The number of unbranched alkanes of at least 4 members (excludes halogenated alkanes) is 3. The molecule has 0 aromatic heterocycles. The molecule has 0 saturated carbocycles. The molecule has 0 spiro atoms. The van der Waals surface area contributed by atoms with Gasteiger partial charge in [0.2, 0.25) is 0 Å². The van der Waals surface area contributed by atoms with Crippen molar-refractivity contribution in [3.8, 4) is 28.7 Å². The highest BCUT2D eigenvalue weighted by Crippen LogP contribution is 2.43. The van der Waals surface area contributed by atoms with Crippen molar-refractivity contribution in [2.75, 3.05) is 6.61 Å². The number of aromatic hydroxyl groups is 4. The van der Waals surface area contributed by atoms with Gasteiger partial charge in [0.15, 0.2) is 23.7 Å². The van der Waals surface area contributed by atoms with Crippen LogP contribution in [0.25, 0.3) is 0 Å². The lowest BCUT2D eigenvalue weighted by Crippen LogP contribution is -2.35. The summed E-state index contributed by atoms with van der Waals surface area (Å²) in [6.07, 6.45) is 1.37. The van der Waals surface area contributed by atoms with Gasteiger partial charge in [0, 0.05) is 29.7 Å². The predicted octanol–water partition coefficient (Wildman–Crippen LogP) is 4.29. The van der Waals surface area contributed by atoms with E-state index in [0.717, 1.165) is 25.7 Å². The predicted molar refractivity (Wildman–Crippen MR) is 107 cm³/mol. The lowest BCUT2D eigenvalue weighted by Gasteiger charge is -2.33. The van der Waals surface area contributed by atoms with Gasteiger partial charge in [0.25, 0.3) is 0 Å². The van der Waals surface area contributed by atoms with E-state index >= 15 is 0 Å². The van der Waals surface area contributed by atoms with Crippen LogP contribution in [0.4, 0.5) is 4.79 Å². The Labute approximate surface area is 174 Å². The van der Waals surface area contributed by atoms with Gasteiger partial charge in [-0.1, -0.05) is 32.3 Å². The zero-order chi connectivity index (χ0) is 21.7. The highest BCUT2D eigenvalue weighted by atomic mass is 16.7. The molecule has 8 nitrogen and oxygen atoms in total. The van der Waals surface area contributed by atoms with Crippen LogP contribution in [-0.2, 0) is 15.9 Å². The van der Waals surface area contributed by atoms with Crippen LogP contribution in [0.5, 0.6) is 28.7 Å². The Morgan fingerprint density at radius 1 is 1.03 bits per heavy atom. The monoisotopic (exact) mass is 418 g/mol. The highest BCUT2D eigenvalue weighted by molar-refractivity contribution is 5.61. The topological polar surface area (TPSA) is 126 Å². The van der Waals surface area contributed by atoms with Gasteiger partial charge in [-0.3, -0.25) is 0 Å². The van der Waals surface area contributed by atoms with Crippen molar-refractivity contribution < 1.29 is 39.4 Å². The molecule has 0 fully saturated rings. The molecule has 0 unspecified atom stereocenters. The van der Waals surface area contributed by atoms with E-state index < -0.39 is 18.4 Å². The van der Waals surface area contributed by atoms with Gasteiger partial charge in [-0.25, -0.2) is 4.79 Å². The second-order valence-electron chi connectivity index (χ2n) is 7.25. The van der Waals surface area contributed by atoms with Crippen LogP contribution in [0.15, 0.2) is 30.3 Å². The molecule has 1 heterocycles. The van der Waals surface area contributed by atoms with Gasteiger partial charge in [-0.15, -0.1) is 0 Å². The number of fused-ring (bicyclic) bond motifs is 1. The molecule has 0 bridgehead atoms. The minimum atomic E-state index is -0.861. The molecule has 0 radical (unpaired) electrons. The first-order valence-electron chi connectivity index (χ1n) is 9.95. The Balaban J connectivity index is 1.79. The molecule has 2 aromatic carbocycles. The molecule has 4 N–H and O–H groups in total. The summed E-state index contributed by atoms with van der Waals surface area (Å²) in [7, 11) is 0. The standard InChI is InChI=1S/C22H26O8/c1-2-3-4-5-8-28-22(27)30-20-12-15-17(25)10-14(23)11-19(15)29-21(20)13-6-7-16(24)18(26)9-13/h6-7,9-11,20-21,23-26H,2-5,8,12H2,1H3/t20-,21+/m0/s1. The number of benzene rings is 2. The molecule has 3 rings (SSSR count). The van der Waals surface area contributed by atoms with Crippen LogP contribution in [0.1, 0.15) is 49.8 Å². The van der Waals surface area contributed by atoms with E-state index in [1.54, 1.807) is 0 Å². The van der Waals surface area contributed by atoms with Crippen LogP contribution >= 0.6 is 0 Å². The lowest BCUT2D eigenvalue weighted by atomic mass is 9.93. The van der Waals surface area contributed by atoms with E-state index in [0.29, 0.717) is 11.1 Å². The van der Waals surface area contributed by atoms with Gasteiger partial charge in [0.1, 0.15) is 17.2 Å². The Bertz CT molecular complexity index is 895. The average molecular weight is 418 g/mol. The Hall–Kier alpha value is -3.29. The molecule has 2 aromatic rings. The van der Waals surface area contributed by atoms with Crippen molar-refractivity contribution in [1.82, 2.24) is 0 Å². The summed E-state index contributed by atoms with van der Waals surface area (Å²) in [6, 6.07) is 6.66. The number of ether oxygens (including phenoxy) is 3. The number of carbonyl (C=O) groups is 1. The first-order valence-corrected chi connectivity index (χ1v) is 9.95. The van der Waals surface area contributed by atoms with Crippen molar-refractivity contribution >= 4 is 6.16 Å². The van der Waals surface area contributed by atoms with Crippen LogP contribution in [0.2, 0.25) is 0 Å². The average Bonchev–Trinajstić information content (AvgIpc) is 2.70. The molecule has 0 aliphatic carbocycles. The second-order valence-corrected chi connectivity index (χ2v) is 7.25. The van der Waals surface area contributed by atoms with Crippen molar-refractivity contribution in [1.29, 1.82) is 0 Å². The third-order valence-electron chi connectivity index (χ3n) is 4.96. The number of rotatable bonds is 7. The van der Waals surface area contributed by atoms with E-state index in [4.69, 9.17) is 14.2 Å². The first kappa shape index (κ1) is 21.4. The van der Waals surface area contributed by atoms with Gasteiger partial charge < -0.3 is 34.6 Å². The zero-order valence-electron chi connectivity index (χ0n) is 16.7. The van der Waals surface area contributed by atoms with Gasteiger partial charge in [-0.05, 0) is 18.6 Å². The molecular weight excluding hydrogens is 392 g/mol. The summed E-state index contributed by atoms with van der Waals surface area (Å²) in [5.41, 5.74) is 0.826. The summed E-state index contributed by atoms with van der Waals surface area (Å²) in [5, 5.41) is 39.4. The van der Waals surface area contributed by atoms with E-state index in [1.165, 1.54) is 30.3 Å². The van der Waals surface area contributed by atoms with Gasteiger partial charge in [0.05, 0.1) is 6.61 Å². The summed E-state index contributed by atoms with van der Waals surface area (Å²) < 4.78 is 16.5. The molecule has 2 atom stereocenters. The fourth-order valence-electron chi connectivity index (χ4n) is 3.39. The largest absolute Gasteiger partial charge is 0.508 e. The maximum atomic E-state index is 12.2. The zero-order valence-corrected chi connectivity index (χ0v) is 16.7. The SMILES string of the molecule is CCCCCCOC(=O)O[C@H]1Cc2c(O)cc(O)cc2O[C@@H]1c1ccc(O)c(O)c1. The minimum absolute atomic E-state index is 0.110. The molecule has 0 saturated heterocycles. The van der Waals surface area contributed by atoms with Crippen molar-refractivity contribution in [3.63, 3.8) is 0 Å². The molecular formula is C22H26O8. The second kappa shape index (κ2) is 9.47. The molecule has 1 aliphatic rings. The van der Waals surface area contributed by atoms with Gasteiger partial charge >= 0.3 is 6.16 Å². The minimum Gasteiger partial charge on any atom is -0.508 e. The number of hydrogen-bond acceptors (Lipinski definition) is 8. The quantitative estimate of drug-likeness (QED) is 0.298. The molecule has 0 amide bonds. The van der Waals surface area contributed by atoms with E-state index in [2.05, 4.69) is 6.92 Å². The van der Waals surface area contributed by atoms with Crippen LogP contribution < -0.4 is 4.74 Å². The molecule has 162 valence electrons. The molecule has 8 heteroatoms. The third kappa shape index (κ3) is 5.00. The summed E-state index contributed by atoms with van der Waals surface area (Å²) >= 11 is 0. The van der Waals surface area contributed by atoms with E-state index in [1.807, 2.05) is 0 Å². The summed E-state index contributed by atoms with van der Waals surface area (Å²) in [5.74, 6) is -0.770. The van der Waals surface area contributed by atoms with E-state index in [9.17, 15) is 25.2 Å². The molecule has 30 heavy (non-hydrogen) atoms. The highest BCUT2D eigenvalue weighted by Gasteiger charge is 2.37. The fourth-order valence-corrected chi connectivity index (χ4v) is 3.39. The van der Waals surface area contributed by atoms with Crippen molar-refractivity contribution in [3.05, 3.63) is 41.5 Å². The van der Waals surface area contributed by atoms with Crippen LogP contribution in [0.3, 0.4) is 0 Å². The maximum absolute atomic E-state index is 12.2. The lowest BCUT2D eigenvalue weighted by molar-refractivity contribution is -0.0327. The summed E-state index contributed by atoms with van der Waals surface area (Å²) in [6.45, 7) is 2.33.